The predicted molar refractivity (Wildman–Crippen MR) is 143 cm³/mol. The molecule has 4 rings (SSSR count). The predicted octanol–water partition coefficient (Wildman–Crippen LogP) is -5.99. The van der Waals surface area contributed by atoms with E-state index in [1.165, 1.54) is 0 Å². The first-order valence-corrected chi connectivity index (χ1v) is 14.4. The van der Waals surface area contributed by atoms with Crippen molar-refractivity contribution < 1.29 is 44.6 Å². The molecule has 0 aromatic carbocycles. The monoisotopic (exact) mass is 592 g/mol. The third-order valence-electron chi connectivity index (χ3n) is 8.68. The minimum atomic E-state index is -1.52. The maximum absolute atomic E-state index is 12.7. The molecule has 16 N–H and O–H groups in total. The Labute approximate surface area is 238 Å². The first kappa shape index (κ1) is 32.6. The van der Waals surface area contributed by atoms with Gasteiger partial charge in [0.2, 0.25) is 0 Å². The van der Waals surface area contributed by atoms with Crippen molar-refractivity contribution in [2.45, 2.75) is 98.5 Å². The molecule has 3 heterocycles. The van der Waals surface area contributed by atoms with Crippen LogP contribution in [0.5, 0.6) is 0 Å². The van der Waals surface area contributed by atoms with Crippen LogP contribution in [-0.2, 0) is 14.2 Å². The summed E-state index contributed by atoms with van der Waals surface area (Å²) in [6.45, 7) is 1.17. The van der Waals surface area contributed by atoms with Crippen LogP contribution in [0.4, 0.5) is 4.79 Å². The lowest BCUT2D eigenvalue weighted by Crippen LogP contribution is -2.70. The van der Waals surface area contributed by atoms with Crippen LogP contribution in [0.15, 0.2) is 0 Å². The van der Waals surface area contributed by atoms with E-state index in [9.17, 15) is 30.4 Å². The second kappa shape index (κ2) is 14.5. The molecule has 4 fully saturated rings. The van der Waals surface area contributed by atoms with Crippen LogP contribution < -0.4 is 38.9 Å². The van der Waals surface area contributed by atoms with Crippen LogP contribution in [0.2, 0.25) is 0 Å². The highest BCUT2D eigenvalue weighted by Crippen LogP contribution is 2.37. The van der Waals surface area contributed by atoms with E-state index in [-0.39, 0.29) is 37.7 Å². The number of aliphatic hydroxyl groups excluding tert-OH is 4. The Morgan fingerprint density at radius 2 is 1.78 bits per heavy atom. The Morgan fingerprint density at radius 1 is 1.05 bits per heavy atom. The van der Waals surface area contributed by atoms with E-state index in [0.29, 0.717) is 11.6 Å². The summed E-state index contributed by atoms with van der Waals surface area (Å²) in [7, 11) is 0. The van der Waals surface area contributed by atoms with E-state index in [0.717, 1.165) is 25.9 Å². The molecule has 41 heavy (non-hydrogen) atoms. The van der Waals surface area contributed by atoms with Crippen LogP contribution >= 0.6 is 0 Å². The number of ether oxygens (including phenoxy) is 3. The topological polar surface area (TPSA) is 289 Å². The number of nitrogens with two attached hydrogens (primary N) is 4. The van der Waals surface area contributed by atoms with E-state index < -0.39 is 79.6 Å². The van der Waals surface area contributed by atoms with Crippen LogP contribution in [0.25, 0.3) is 0 Å². The van der Waals surface area contributed by atoms with Gasteiger partial charge in [-0.3, -0.25) is 5.21 Å². The number of carbonyl (C=O) groups excluding carboxylic acids is 1. The van der Waals surface area contributed by atoms with Crippen molar-refractivity contribution in [1.82, 2.24) is 21.0 Å². The molecule has 3 aliphatic heterocycles. The molecule has 0 aromatic rings. The highest BCUT2D eigenvalue weighted by molar-refractivity contribution is 5.73. The standard InChI is InChI=1S/C24H48N8O9/c25-3-4-32(38)24(37)31-14-5-12(27)16(21-13(30-10-7-29-8-10)2-1-11(6-26)39-21)19(35)22(14)41-23-20(36)17(28)18(34)15(9-33)40-23/h10-23,29-30,33-36,38H,1-9,25-28H2,(H,31,37)/t11-,12-,13+,14+,15+,16?,17-,18+,19-,20+,21-,22-,23+/m0/s1. The minimum Gasteiger partial charge on any atom is -0.394 e. The van der Waals surface area contributed by atoms with Crippen LogP contribution in [0.3, 0.4) is 0 Å². The van der Waals surface area contributed by atoms with Gasteiger partial charge in [0.05, 0.1) is 43.5 Å². The van der Waals surface area contributed by atoms with E-state index in [4.69, 9.17) is 37.1 Å². The van der Waals surface area contributed by atoms with E-state index in [1.54, 1.807) is 0 Å². The zero-order chi connectivity index (χ0) is 29.8. The number of nitrogens with zero attached hydrogens (tertiary/aromatic N) is 1. The minimum absolute atomic E-state index is 0.00975. The molecule has 1 aliphatic carbocycles. The third kappa shape index (κ3) is 7.27. The van der Waals surface area contributed by atoms with E-state index in [2.05, 4.69) is 16.0 Å². The summed E-state index contributed by atoms with van der Waals surface area (Å²) in [6.07, 6.45) is -7.26. The number of aliphatic hydroxyl groups is 4. The molecular weight excluding hydrogens is 544 g/mol. The lowest BCUT2D eigenvalue weighted by Gasteiger charge is -2.52. The van der Waals surface area contributed by atoms with Crippen molar-refractivity contribution in [1.29, 1.82) is 0 Å². The Bertz CT molecular complexity index is 845. The van der Waals surface area contributed by atoms with Gasteiger partial charge in [0.25, 0.3) is 0 Å². The number of carbonyl (C=O) groups is 1. The molecule has 0 aromatic heterocycles. The quantitative estimate of drug-likeness (QED) is 0.0830. The zero-order valence-corrected chi connectivity index (χ0v) is 23.1. The maximum atomic E-state index is 12.7. The van der Waals surface area contributed by atoms with Crippen LogP contribution in [0, 0.1) is 5.92 Å². The lowest BCUT2D eigenvalue weighted by atomic mass is 9.72. The van der Waals surface area contributed by atoms with Gasteiger partial charge in [0, 0.05) is 50.2 Å². The van der Waals surface area contributed by atoms with Crippen molar-refractivity contribution in [3.8, 4) is 0 Å². The van der Waals surface area contributed by atoms with Crippen LogP contribution in [0.1, 0.15) is 19.3 Å². The Kier molecular flexibility index (Phi) is 11.5. The summed E-state index contributed by atoms with van der Waals surface area (Å²) in [5.41, 5.74) is 24.0. The fourth-order valence-electron chi connectivity index (χ4n) is 6.22. The van der Waals surface area contributed by atoms with Crippen molar-refractivity contribution in [2.24, 2.45) is 28.9 Å². The number of nitrogens with one attached hydrogen (secondary N) is 3. The van der Waals surface area contributed by atoms with Crippen molar-refractivity contribution in [3.05, 3.63) is 0 Å². The average molecular weight is 593 g/mol. The molecule has 17 heteroatoms. The molecule has 1 unspecified atom stereocenters. The normalized spacial score (nSPS) is 43.8. The van der Waals surface area contributed by atoms with Crippen molar-refractivity contribution in [3.63, 3.8) is 0 Å². The molecule has 1 saturated carbocycles. The zero-order valence-electron chi connectivity index (χ0n) is 23.1. The molecule has 3 saturated heterocycles. The molecule has 2 amide bonds. The first-order chi connectivity index (χ1) is 19.6. The molecule has 0 spiro atoms. The Hall–Kier alpha value is -1.29. The fourth-order valence-corrected chi connectivity index (χ4v) is 6.22. The summed E-state index contributed by atoms with van der Waals surface area (Å²) < 4.78 is 18.1. The van der Waals surface area contributed by atoms with Gasteiger partial charge in [0.15, 0.2) is 6.29 Å². The molecule has 0 bridgehead atoms. The maximum Gasteiger partial charge on any atom is 0.341 e. The van der Waals surface area contributed by atoms with Crippen LogP contribution in [-0.4, -0.2) is 155 Å². The Morgan fingerprint density at radius 3 is 2.39 bits per heavy atom. The molecule has 13 atom stereocenters. The summed E-state index contributed by atoms with van der Waals surface area (Å²) in [6, 6.07) is -3.62. The SMILES string of the molecule is NCCN(O)C(=O)N[C@@H]1C[C@H](N)C([C@H]2O[C@H](CN)CC[C@H]2NC2CNC2)[C@H](O)[C@H]1O[C@H]1O[C@H](CO)[C@@H](O)[C@H](N)[C@H]1O. The number of hydrogen-bond acceptors (Lipinski definition) is 15. The first-order valence-electron chi connectivity index (χ1n) is 14.4. The lowest BCUT2D eigenvalue weighted by molar-refractivity contribution is -0.306. The van der Waals surface area contributed by atoms with Gasteiger partial charge in [-0.05, 0) is 19.3 Å². The summed E-state index contributed by atoms with van der Waals surface area (Å²) >= 11 is 0. The van der Waals surface area contributed by atoms with Gasteiger partial charge in [-0.15, -0.1) is 0 Å². The summed E-state index contributed by atoms with van der Waals surface area (Å²) in [5.74, 6) is -0.684. The van der Waals surface area contributed by atoms with E-state index >= 15 is 0 Å². The van der Waals surface area contributed by atoms with Gasteiger partial charge in [-0.2, -0.15) is 0 Å². The molecular formula is C24H48N8O9. The second-order valence-corrected chi connectivity index (χ2v) is 11.5. The smallest absolute Gasteiger partial charge is 0.341 e. The number of amides is 2. The van der Waals surface area contributed by atoms with Crippen molar-refractivity contribution >= 4 is 6.03 Å². The largest absolute Gasteiger partial charge is 0.394 e. The van der Waals surface area contributed by atoms with E-state index in [1.807, 2.05) is 0 Å². The van der Waals surface area contributed by atoms with Crippen molar-refractivity contribution in [2.75, 3.05) is 39.3 Å². The molecule has 17 nitrogen and oxygen atoms in total. The van der Waals surface area contributed by atoms with Gasteiger partial charge >= 0.3 is 6.03 Å². The van der Waals surface area contributed by atoms with Gasteiger partial charge in [-0.25, -0.2) is 9.86 Å². The molecule has 4 aliphatic rings. The number of rotatable bonds is 10. The number of hydroxylamine groups is 2. The highest BCUT2D eigenvalue weighted by atomic mass is 16.7. The number of hydrogen-bond donors (Lipinski definition) is 12. The van der Waals surface area contributed by atoms with Gasteiger partial charge in [-0.1, -0.05) is 0 Å². The third-order valence-corrected chi connectivity index (χ3v) is 8.68. The average Bonchev–Trinajstić information content (AvgIpc) is 2.93. The summed E-state index contributed by atoms with van der Waals surface area (Å²) in [5, 5.41) is 62.4. The van der Waals surface area contributed by atoms with Gasteiger partial charge in [0.1, 0.15) is 24.4 Å². The molecule has 238 valence electrons. The Balaban J connectivity index is 1.60. The number of urea groups is 1. The van der Waals surface area contributed by atoms with Gasteiger partial charge < -0.3 is 73.5 Å². The highest BCUT2D eigenvalue weighted by Gasteiger charge is 2.53. The summed E-state index contributed by atoms with van der Waals surface area (Å²) in [4.78, 5) is 12.7. The fraction of sp³-hybridized carbons (Fsp3) is 0.958. The molecule has 0 radical (unpaired) electrons. The second-order valence-electron chi connectivity index (χ2n) is 11.5.